The van der Waals surface area contributed by atoms with Crippen LogP contribution in [0.2, 0.25) is 0 Å². The van der Waals surface area contributed by atoms with Crippen LogP contribution in [0.4, 0.5) is 0 Å². The summed E-state index contributed by atoms with van der Waals surface area (Å²) in [6, 6.07) is 6.18. The van der Waals surface area contributed by atoms with Crippen LogP contribution < -0.4 is 4.74 Å². The van der Waals surface area contributed by atoms with Gasteiger partial charge in [0.15, 0.2) is 0 Å². The number of nitrogens with zero attached hydrogens (tertiary/aromatic N) is 3. The molecule has 0 bridgehead atoms. The SMILES string of the molecule is COc1ccc(-c2c(C)nc3sc(C(C)(C)O)nn23)cc1SC1CCC(C)(O)CC1. The molecule has 6 nitrogen and oxygen atoms in total. The number of ether oxygens (including phenoxy) is 1. The van der Waals surface area contributed by atoms with Gasteiger partial charge in [0.05, 0.1) is 29.0 Å². The van der Waals surface area contributed by atoms with Crippen LogP contribution in [0, 0.1) is 6.92 Å². The molecule has 30 heavy (non-hydrogen) atoms. The van der Waals surface area contributed by atoms with Gasteiger partial charge in [0.1, 0.15) is 16.4 Å². The zero-order valence-electron chi connectivity index (χ0n) is 18.1. The predicted octanol–water partition coefficient (Wildman–Crippen LogP) is 4.79. The third-order valence-corrected chi connectivity index (χ3v) is 8.24. The topological polar surface area (TPSA) is 79.9 Å². The van der Waals surface area contributed by atoms with Crippen LogP contribution in [-0.4, -0.2) is 42.8 Å². The van der Waals surface area contributed by atoms with E-state index < -0.39 is 11.2 Å². The van der Waals surface area contributed by atoms with Crippen molar-refractivity contribution in [3.63, 3.8) is 0 Å². The Morgan fingerprint density at radius 3 is 2.63 bits per heavy atom. The fraction of sp³-hybridized carbons (Fsp3) is 0.545. The largest absolute Gasteiger partial charge is 0.496 e. The van der Waals surface area contributed by atoms with Crippen molar-refractivity contribution in [3.8, 4) is 17.0 Å². The van der Waals surface area contributed by atoms with Crippen molar-refractivity contribution in [2.45, 2.75) is 74.7 Å². The second-order valence-electron chi connectivity index (χ2n) is 8.89. The molecule has 162 valence electrons. The van der Waals surface area contributed by atoms with Crippen LogP contribution in [0.15, 0.2) is 23.1 Å². The van der Waals surface area contributed by atoms with Crippen molar-refractivity contribution >= 4 is 28.1 Å². The van der Waals surface area contributed by atoms with Gasteiger partial charge in [-0.1, -0.05) is 11.3 Å². The summed E-state index contributed by atoms with van der Waals surface area (Å²) >= 11 is 3.24. The summed E-state index contributed by atoms with van der Waals surface area (Å²) in [5.74, 6) is 0.856. The quantitative estimate of drug-likeness (QED) is 0.585. The first-order valence-electron chi connectivity index (χ1n) is 10.2. The van der Waals surface area contributed by atoms with E-state index in [1.807, 2.05) is 42.3 Å². The van der Waals surface area contributed by atoms with E-state index in [1.165, 1.54) is 11.3 Å². The fourth-order valence-corrected chi connectivity index (χ4v) is 6.09. The Balaban J connectivity index is 1.69. The molecule has 2 aromatic heterocycles. The minimum Gasteiger partial charge on any atom is -0.496 e. The second-order valence-corrected chi connectivity index (χ2v) is 11.2. The van der Waals surface area contributed by atoms with Crippen molar-refractivity contribution in [3.05, 3.63) is 28.9 Å². The number of aryl methyl sites for hydroxylation is 1. The van der Waals surface area contributed by atoms with Gasteiger partial charge < -0.3 is 14.9 Å². The van der Waals surface area contributed by atoms with Gasteiger partial charge in [0.25, 0.3) is 0 Å². The smallest absolute Gasteiger partial charge is 0.213 e. The minimum absolute atomic E-state index is 0.460. The maximum absolute atomic E-state index is 10.3. The van der Waals surface area contributed by atoms with E-state index in [0.717, 1.165) is 58.2 Å². The molecule has 0 atom stereocenters. The highest BCUT2D eigenvalue weighted by molar-refractivity contribution is 8.00. The average molecular weight is 448 g/mol. The van der Waals surface area contributed by atoms with E-state index in [-0.39, 0.29) is 0 Å². The number of aromatic nitrogens is 3. The molecule has 0 spiro atoms. The predicted molar refractivity (Wildman–Crippen MR) is 122 cm³/mol. The molecule has 2 N–H and O–H groups in total. The molecular weight excluding hydrogens is 418 g/mol. The number of imidazole rings is 1. The van der Waals surface area contributed by atoms with Gasteiger partial charge in [0, 0.05) is 10.8 Å². The van der Waals surface area contributed by atoms with E-state index in [2.05, 4.69) is 16.1 Å². The molecule has 1 saturated carbocycles. The molecule has 4 rings (SSSR count). The molecule has 8 heteroatoms. The number of benzene rings is 1. The molecule has 0 radical (unpaired) electrons. The summed E-state index contributed by atoms with van der Waals surface area (Å²) in [5, 5.41) is 26.3. The highest BCUT2D eigenvalue weighted by Gasteiger charge is 2.30. The summed E-state index contributed by atoms with van der Waals surface area (Å²) in [5.41, 5.74) is 1.34. The second kappa shape index (κ2) is 7.82. The first-order valence-corrected chi connectivity index (χ1v) is 11.9. The van der Waals surface area contributed by atoms with E-state index in [9.17, 15) is 10.2 Å². The van der Waals surface area contributed by atoms with Crippen molar-refractivity contribution in [2.24, 2.45) is 0 Å². The van der Waals surface area contributed by atoms with Gasteiger partial charge in [-0.2, -0.15) is 5.10 Å². The summed E-state index contributed by atoms with van der Waals surface area (Å²) in [6.07, 6.45) is 3.63. The van der Waals surface area contributed by atoms with Crippen LogP contribution in [0.1, 0.15) is 57.2 Å². The van der Waals surface area contributed by atoms with Gasteiger partial charge in [-0.3, -0.25) is 0 Å². The van der Waals surface area contributed by atoms with E-state index >= 15 is 0 Å². The van der Waals surface area contributed by atoms with Crippen LogP contribution >= 0.6 is 23.1 Å². The number of hydrogen-bond donors (Lipinski definition) is 2. The Labute approximate surface area is 185 Å². The molecule has 1 aliphatic carbocycles. The lowest BCUT2D eigenvalue weighted by Crippen LogP contribution is -2.31. The zero-order valence-corrected chi connectivity index (χ0v) is 19.7. The molecule has 2 heterocycles. The molecule has 1 aliphatic rings. The molecular formula is C22H29N3O3S2. The van der Waals surface area contributed by atoms with Gasteiger partial charge in [0.2, 0.25) is 4.96 Å². The molecule has 0 aliphatic heterocycles. The Morgan fingerprint density at radius 2 is 2.00 bits per heavy atom. The third-order valence-electron chi connectivity index (χ3n) is 5.64. The summed E-state index contributed by atoms with van der Waals surface area (Å²) < 4.78 is 7.46. The third kappa shape index (κ3) is 4.23. The Kier molecular flexibility index (Phi) is 5.63. The average Bonchev–Trinajstić information content (AvgIpc) is 3.20. The maximum atomic E-state index is 10.3. The number of thioether (sulfide) groups is 1. The lowest BCUT2D eigenvalue weighted by molar-refractivity contribution is 0.0240. The first-order chi connectivity index (χ1) is 14.1. The lowest BCUT2D eigenvalue weighted by Gasteiger charge is -2.32. The van der Waals surface area contributed by atoms with Crippen LogP contribution in [0.25, 0.3) is 16.2 Å². The van der Waals surface area contributed by atoms with Crippen molar-refractivity contribution in [2.75, 3.05) is 7.11 Å². The summed E-state index contributed by atoms with van der Waals surface area (Å²) in [6.45, 7) is 7.39. The van der Waals surface area contributed by atoms with E-state index in [1.54, 1.807) is 21.0 Å². The van der Waals surface area contributed by atoms with Crippen molar-refractivity contribution in [1.29, 1.82) is 0 Å². The number of methoxy groups -OCH3 is 1. The van der Waals surface area contributed by atoms with Gasteiger partial charge in [-0.05, 0) is 71.6 Å². The summed E-state index contributed by atoms with van der Waals surface area (Å²) in [4.78, 5) is 6.54. The minimum atomic E-state index is -1.00. The number of fused-ring (bicyclic) bond motifs is 1. The Morgan fingerprint density at radius 1 is 1.30 bits per heavy atom. The van der Waals surface area contributed by atoms with Gasteiger partial charge in [-0.15, -0.1) is 11.8 Å². The van der Waals surface area contributed by atoms with Gasteiger partial charge >= 0.3 is 0 Å². The number of rotatable bonds is 5. The molecule has 0 saturated heterocycles. The molecule has 0 amide bonds. The van der Waals surface area contributed by atoms with Crippen molar-refractivity contribution < 1.29 is 14.9 Å². The van der Waals surface area contributed by atoms with Crippen molar-refractivity contribution in [1.82, 2.24) is 14.6 Å². The molecule has 0 unspecified atom stereocenters. The molecule has 1 fully saturated rings. The number of aliphatic hydroxyl groups is 2. The number of hydrogen-bond acceptors (Lipinski definition) is 7. The highest BCUT2D eigenvalue weighted by Crippen LogP contribution is 2.42. The van der Waals surface area contributed by atoms with E-state index in [0.29, 0.717) is 10.3 Å². The lowest BCUT2D eigenvalue weighted by atomic mass is 9.86. The fourth-order valence-electron chi connectivity index (χ4n) is 3.85. The van der Waals surface area contributed by atoms with Crippen LogP contribution in [0.5, 0.6) is 5.75 Å². The molecule has 1 aromatic carbocycles. The normalized spacial score (nSPS) is 22.6. The van der Waals surface area contributed by atoms with Gasteiger partial charge in [-0.25, -0.2) is 9.50 Å². The maximum Gasteiger partial charge on any atom is 0.213 e. The van der Waals surface area contributed by atoms with Crippen LogP contribution in [-0.2, 0) is 5.60 Å². The van der Waals surface area contributed by atoms with E-state index in [4.69, 9.17) is 4.74 Å². The molecule has 3 aromatic rings. The summed E-state index contributed by atoms with van der Waals surface area (Å²) in [7, 11) is 1.70. The Hall–Kier alpha value is -1.61. The first kappa shape index (κ1) is 21.6. The standard InChI is InChI=1S/C22H29N3O3S2/c1-13-18(25-20(23-13)30-19(24-25)21(2,3)26)14-6-7-16(28-5)17(12-14)29-15-8-10-22(4,27)11-9-15/h6-7,12,15,26-27H,8-11H2,1-5H3. The monoisotopic (exact) mass is 447 g/mol. The van der Waals surface area contributed by atoms with Crippen LogP contribution in [0.3, 0.4) is 0 Å². The zero-order chi connectivity index (χ0) is 21.7. The Bertz CT molecular complexity index is 1060. The highest BCUT2D eigenvalue weighted by atomic mass is 32.2.